The molecule has 0 spiro atoms. The minimum atomic E-state index is -3.58. The maximum atomic E-state index is 13.1. The second-order valence-electron chi connectivity index (χ2n) is 6.54. The summed E-state index contributed by atoms with van der Waals surface area (Å²) in [5, 5.41) is 0. The molecule has 0 aliphatic carbocycles. The first kappa shape index (κ1) is 17.7. The maximum Gasteiger partial charge on any atom is 0.246 e. The molecular weight excluding hydrogens is 328 g/mol. The largest absolute Gasteiger partial charge is 0.495 e. The zero-order chi connectivity index (χ0) is 17.3. The van der Waals surface area contributed by atoms with E-state index in [0.717, 1.165) is 25.2 Å². The molecule has 1 aromatic carbocycles. The Morgan fingerprint density at radius 1 is 1.29 bits per heavy atom. The van der Waals surface area contributed by atoms with Crippen molar-refractivity contribution in [3.8, 4) is 5.75 Å². The number of ether oxygens (including phenoxy) is 2. The number of fused-ring (bicyclic) bond motifs is 1. The van der Waals surface area contributed by atoms with Gasteiger partial charge >= 0.3 is 0 Å². The first-order chi connectivity index (χ1) is 11.5. The molecular formula is C17H26N2O4S. The summed E-state index contributed by atoms with van der Waals surface area (Å²) < 4.78 is 38.9. The molecule has 0 radical (unpaired) electrons. The Hall–Kier alpha value is -1.15. The molecule has 134 valence electrons. The van der Waals surface area contributed by atoms with Crippen molar-refractivity contribution < 1.29 is 17.9 Å². The number of hydrogen-bond acceptors (Lipinski definition) is 5. The van der Waals surface area contributed by atoms with E-state index in [2.05, 4.69) is 11.8 Å². The van der Waals surface area contributed by atoms with E-state index in [1.165, 1.54) is 7.11 Å². The third kappa shape index (κ3) is 3.31. The molecule has 0 bridgehead atoms. The summed E-state index contributed by atoms with van der Waals surface area (Å²) in [5.41, 5.74) is 0.972. The number of hydrogen-bond donors (Lipinski definition) is 0. The molecule has 2 fully saturated rings. The molecule has 0 unspecified atom stereocenters. The van der Waals surface area contributed by atoms with Gasteiger partial charge in [-0.05, 0) is 31.2 Å². The molecule has 0 saturated carbocycles. The lowest BCUT2D eigenvalue weighted by molar-refractivity contribution is 0.0548. The molecule has 2 heterocycles. The van der Waals surface area contributed by atoms with Crippen LogP contribution >= 0.6 is 0 Å². The third-order valence-electron chi connectivity index (χ3n) is 4.96. The van der Waals surface area contributed by atoms with Gasteiger partial charge in [-0.25, -0.2) is 8.42 Å². The summed E-state index contributed by atoms with van der Waals surface area (Å²) in [7, 11) is -2.08. The van der Waals surface area contributed by atoms with E-state index in [9.17, 15) is 8.42 Å². The summed E-state index contributed by atoms with van der Waals surface area (Å²) in [5.74, 6) is 0.622. The molecule has 2 saturated heterocycles. The van der Waals surface area contributed by atoms with Crippen LogP contribution in [0.1, 0.15) is 12.5 Å². The van der Waals surface area contributed by atoms with Crippen LogP contribution in [0.15, 0.2) is 23.1 Å². The molecule has 0 aromatic heterocycles. The summed E-state index contributed by atoms with van der Waals surface area (Å²) >= 11 is 0. The van der Waals surface area contributed by atoms with Gasteiger partial charge in [-0.2, -0.15) is 4.31 Å². The highest BCUT2D eigenvalue weighted by molar-refractivity contribution is 7.89. The van der Waals surface area contributed by atoms with Gasteiger partial charge < -0.3 is 14.4 Å². The fraction of sp³-hybridized carbons (Fsp3) is 0.647. The molecule has 0 N–H and O–H groups in total. The molecule has 2 aliphatic rings. The number of rotatable bonds is 4. The Labute approximate surface area is 144 Å². The number of nitrogens with zero attached hydrogens (tertiary/aromatic N) is 2. The van der Waals surface area contributed by atoms with Crippen LogP contribution < -0.4 is 4.74 Å². The fourth-order valence-electron chi connectivity index (χ4n) is 3.53. The molecule has 24 heavy (non-hydrogen) atoms. The van der Waals surface area contributed by atoms with Gasteiger partial charge in [0.25, 0.3) is 0 Å². The predicted molar refractivity (Wildman–Crippen MR) is 91.8 cm³/mol. The Bertz CT molecular complexity index is 692. The summed E-state index contributed by atoms with van der Waals surface area (Å²) in [6, 6.07) is 5.20. The van der Waals surface area contributed by atoms with Crippen LogP contribution in [0.2, 0.25) is 0 Å². The first-order valence-corrected chi connectivity index (χ1v) is 9.88. The zero-order valence-corrected chi connectivity index (χ0v) is 15.4. The van der Waals surface area contributed by atoms with Gasteiger partial charge in [0.2, 0.25) is 10.0 Å². The van der Waals surface area contributed by atoms with E-state index < -0.39 is 10.0 Å². The third-order valence-corrected chi connectivity index (χ3v) is 6.83. The zero-order valence-electron chi connectivity index (χ0n) is 14.6. The molecule has 2 atom stereocenters. The number of sulfonamides is 1. The van der Waals surface area contributed by atoms with Crippen LogP contribution in [0.25, 0.3) is 0 Å². The minimum absolute atomic E-state index is 0.0206. The molecule has 2 aliphatic heterocycles. The van der Waals surface area contributed by atoms with Crippen molar-refractivity contribution in [1.29, 1.82) is 0 Å². The molecule has 1 aromatic rings. The van der Waals surface area contributed by atoms with E-state index in [0.29, 0.717) is 25.4 Å². The van der Waals surface area contributed by atoms with Crippen molar-refractivity contribution in [2.75, 3.05) is 46.4 Å². The van der Waals surface area contributed by atoms with E-state index >= 15 is 0 Å². The second kappa shape index (κ2) is 7.00. The van der Waals surface area contributed by atoms with Gasteiger partial charge in [-0.1, -0.05) is 13.0 Å². The second-order valence-corrected chi connectivity index (χ2v) is 8.45. The minimum Gasteiger partial charge on any atom is -0.495 e. The SMILES string of the molecule is CCN1CCO[C@H]2CN(S(=O)(=O)c3ccc(C)cc3OC)C[C@H]2C1. The van der Waals surface area contributed by atoms with Crippen LogP contribution in [-0.2, 0) is 14.8 Å². The van der Waals surface area contributed by atoms with Crippen molar-refractivity contribution in [3.05, 3.63) is 23.8 Å². The van der Waals surface area contributed by atoms with E-state index in [1.54, 1.807) is 22.5 Å². The van der Waals surface area contributed by atoms with Crippen LogP contribution in [0.5, 0.6) is 5.75 Å². The van der Waals surface area contributed by atoms with Gasteiger partial charge in [0.1, 0.15) is 10.6 Å². The summed E-state index contributed by atoms with van der Waals surface area (Å²) in [4.78, 5) is 2.56. The Morgan fingerprint density at radius 2 is 2.08 bits per heavy atom. The van der Waals surface area contributed by atoms with E-state index in [-0.39, 0.29) is 16.9 Å². The van der Waals surface area contributed by atoms with Crippen molar-refractivity contribution in [2.45, 2.75) is 24.8 Å². The molecule has 0 amide bonds. The highest BCUT2D eigenvalue weighted by Gasteiger charge is 2.42. The molecule has 7 heteroatoms. The monoisotopic (exact) mass is 354 g/mol. The Morgan fingerprint density at radius 3 is 2.79 bits per heavy atom. The van der Waals surface area contributed by atoms with Crippen molar-refractivity contribution >= 4 is 10.0 Å². The Balaban J connectivity index is 1.84. The van der Waals surface area contributed by atoms with Gasteiger partial charge in [-0.15, -0.1) is 0 Å². The van der Waals surface area contributed by atoms with Crippen molar-refractivity contribution in [3.63, 3.8) is 0 Å². The normalized spacial score (nSPS) is 26.1. The topological polar surface area (TPSA) is 59.1 Å². The number of methoxy groups -OCH3 is 1. The lowest BCUT2D eigenvalue weighted by Gasteiger charge is -2.22. The number of likely N-dealkylation sites (N-methyl/N-ethyl adjacent to an activating group) is 1. The molecule has 3 rings (SSSR count). The lowest BCUT2D eigenvalue weighted by atomic mass is 10.1. The van der Waals surface area contributed by atoms with Crippen LogP contribution in [0.3, 0.4) is 0 Å². The van der Waals surface area contributed by atoms with Gasteiger partial charge in [0.15, 0.2) is 0 Å². The van der Waals surface area contributed by atoms with Gasteiger partial charge in [-0.3, -0.25) is 0 Å². The lowest BCUT2D eigenvalue weighted by Crippen LogP contribution is -2.34. The van der Waals surface area contributed by atoms with Crippen LogP contribution in [0.4, 0.5) is 0 Å². The Kier molecular flexibility index (Phi) is 5.15. The predicted octanol–water partition coefficient (Wildman–Crippen LogP) is 1.34. The fourth-order valence-corrected chi connectivity index (χ4v) is 5.18. The van der Waals surface area contributed by atoms with Crippen molar-refractivity contribution in [1.82, 2.24) is 9.21 Å². The average Bonchev–Trinajstić information content (AvgIpc) is 2.87. The number of benzene rings is 1. The van der Waals surface area contributed by atoms with Crippen molar-refractivity contribution in [2.24, 2.45) is 5.92 Å². The standard InChI is InChI=1S/C17H26N2O4S/c1-4-18-7-8-23-16-12-19(11-14(16)10-18)24(20,21)17-6-5-13(2)9-15(17)22-3/h5-6,9,14,16H,4,7-8,10-12H2,1-3H3/t14-,16+/m1/s1. The first-order valence-electron chi connectivity index (χ1n) is 8.44. The quantitative estimate of drug-likeness (QED) is 0.817. The smallest absolute Gasteiger partial charge is 0.246 e. The average molecular weight is 354 g/mol. The van der Waals surface area contributed by atoms with E-state index in [1.807, 2.05) is 6.92 Å². The maximum absolute atomic E-state index is 13.1. The molecule has 6 nitrogen and oxygen atoms in total. The summed E-state index contributed by atoms with van der Waals surface area (Å²) in [6.45, 7) is 8.39. The summed E-state index contributed by atoms with van der Waals surface area (Å²) in [6.07, 6.45) is -0.0206. The van der Waals surface area contributed by atoms with Gasteiger partial charge in [0, 0.05) is 32.1 Å². The van der Waals surface area contributed by atoms with E-state index in [4.69, 9.17) is 9.47 Å². The highest BCUT2D eigenvalue weighted by atomic mass is 32.2. The highest BCUT2D eigenvalue weighted by Crippen LogP contribution is 2.32. The van der Waals surface area contributed by atoms with Crippen LogP contribution in [-0.4, -0.2) is 70.2 Å². The number of aryl methyl sites for hydroxylation is 1. The van der Waals surface area contributed by atoms with Crippen LogP contribution in [0, 0.1) is 12.8 Å². The van der Waals surface area contributed by atoms with Gasteiger partial charge in [0.05, 0.1) is 19.8 Å².